The molecule has 9 aromatic rings. The topological polar surface area (TPSA) is 43.6 Å². The number of nitrogens with zero attached hydrogens (tertiary/aromatic N) is 4. The minimum Gasteiger partial charge on any atom is -0.309 e. The van der Waals surface area contributed by atoms with Crippen molar-refractivity contribution in [2.45, 2.75) is 0 Å². The van der Waals surface area contributed by atoms with E-state index in [0.29, 0.717) is 17.5 Å². The summed E-state index contributed by atoms with van der Waals surface area (Å²) in [6.07, 6.45) is 0. The fraction of sp³-hybridized carbons (Fsp3) is 0. The Hall–Kier alpha value is -5.65. The Kier molecular flexibility index (Phi) is 5.64. The lowest BCUT2D eigenvalue weighted by Gasteiger charge is -2.11. The van der Waals surface area contributed by atoms with Crippen molar-refractivity contribution >= 4 is 53.3 Å². The third kappa shape index (κ3) is 3.94. The lowest BCUT2D eigenvalue weighted by atomic mass is 10.1. The highest BCUT2D eigenvalue weighted by Gasteiger charge is 2.17. The first-order valence-electron chi connectivity index (χ1n) is 14.6. The summed E-state index contributed by atoms with van der Waals surface area (Å²) < 4.78 is 4.77. The minimum atomic E-state index is 0.653. The van der Waals surface area contributed by atoms with E-state index in [1.54, 1.807) is 11.3 Å². The lowest BCUT2D eigenvalue weighted by Crippen LogP contribution is -2.00. The van der Waals surface area contributed by atoms with Gasteiger partial charge in [-0.2, -0.15) is 0 Å². The first-order valence-corrected chi connectivity index (χ1v) is 15.4. The van der Waals surface area contributed by atoms with Gasteiger partial charge < -0.3 is 4.57 Å². The van der Waals surface area contributed by atoms with E-state index in [0.717, 1.165) is 22.4 Å². The van der Waals surface area contributed by atoms with E-state index < -0.39 is 0 Å². The first-order chi connectivity index (χ1) is 21.8. The van der Waals surface area contributed by atoms with Crippen molar-refractivity contribution in [1.29, 1.82) is 0 Å². The molecule has 0 saturated carbocycles. The van der Waals surface area contributed by atoms with Gasteiger partial charge in [0.15, 0.2) is 17.5 Å². The summed E-state index contributed by atoms with van der Waals surface area (Å²) in [6.45, 7) is 0. The van der Waals surface area contributed by atoms with Crippen molar-refractivity contribution in [3.63, 3.8) is 0 Å². The lowest BCUT2D eigenvalue weighted by molar-refractivity contribution is 1.08. The SMILES string of the molecule is c1ccc(-c2nc(-c3ccc(-n4c5ccccc5c5ccccc54)cc3)nc(-c3cccc4c3sc3ccccc34)n2)cc1. The van der Waals surface area contributed by atoms with Gasteiger partial charge in [-0.25, -0.2) is 15.0 Å². The van der Waals surface area contributed by atoms with E-state index in [2.05, 4.69) is 120 Å². The molecular formula is C39H24N4S. The van der Waals surface area contributed by atoms with Gasteiger partial charge in [0, 0.05) is 53.3 Å². The number of hydrogen-bond acceptors (Lipinski definition) is 4. The molecule has 0 amide bonds. The highest BCUT2D eigenvalue weighted by Crippen LogP contribution is 2.39. The minimum absolute atomic E-state index is 0.653. The molecule has 0 fully saturated rings. The van der Waals surface area contributed by atoms with Crippen molar-refractivity contribution in [1.82, 2.24) is 19.5 Å². The first kappa shape index (κ1) is 24.9. The number of benzene rings is 6. The van der Waals surface area contributed by atoms with E-state index in [1.807, 2.05) is 30.3 Å². The summed E-state index contributed by atoms with van der Waals surface area (Å²) in [6, 6.07) is 50.8. The van der Waals surface area contributed by atoms with E-state index in [1.165, 1.54) is 42.0 Å². The highest BCUT2D eigenvalue weighted by molar-refractivity contribution is 7.26. The molecule has 0 aliphatic heterocycles. The summed E-state index contributed by atoms with van der Waals surface area (Å²) in [5.74, 6) is 1.99. The van der Waals surface area contributed by atoms with Crippen LogP contribution in [0.4, 0.5) is 0 Å². The average molecular weight is 581 g/mol. The molecule has 4 nitrogen and oxygen atoms in total. The van der Waals surface area contributed by atoms with Gasteiger partial charge in [0.25, 0.3) is 0 Å². The molecule has 3 heterocycles. The monoisotopic (exact) mass is 580 g/mol. The second-order valence-corrected chi connectivity index (χ2v) is 11.9. The predicted molar refractivity (Wildman–Crippen MR) is 183 cm³/mol. The summed E-state index contributed by atoms with van der Waals surface area (Å²) >= 11 is 1.79. The molecule has 206 valence electrons. The maximum atomic E-state index is 5.09. The summed E-state index contributed by atoms with van der Waals surface area (Å²) in [7, 11) is 0. The van der Waals surface area contributed by atoms with E-state index in [9.17, 15) is 0 Å². The van der Waals surface area contributed by atoms with Crippen LogP contribution in [0.25, 0.3) is 81.8 Å². The van der Waals surface area contributed by atoms with Gasteiger partial charge in [-0.3, -0.25) is 0 Å². The maximum absolute atomic E-state index is 5.09. The second-order valence-electron chi connectivity index (χ2n) is 10.9. The van der Waals surface area contributed by atoms with Crippen molar-refractivity contribution in [2.75, 3.05) is 0 Å². The van der Waals surface area contributed by atoms with Gasteiger partial charge in [-0.15, -0.1) is 11.3 Å². The van der Waals surface area contributed by atoms with Crippen LogP contribution < -0.4 is 0 Å². The van der Waals surface area contributed by atoms with Crippen LogP contribution in [0.2, 0.25) is 0 Å². The Labute approximate surface area is 257 Å². The standard InChI is InChI=1S/C39H24N4S/c1-2-11-25(12-3-1)37-40-38(42-39(41-37)32-17-10-16-31-30-15-6-9-20-35(30)44-36(31)32)26-21-23-27(24-22-26)43-33-18-7-4-13-28(33)29-14-5-8-19-34(29)43/h1-24H. The fourth-order valence-electron chi connectivity index (χ4n) is 6.23. The molecule has 0 N–H and O–H groups in total. The van der Waals surface area contributed by atoms with Gasteiger partial charge in [0.05, 0.1) is 11.0 Å². The largest absolute Gasteiger partial charge is 0.309 e. The number of para-hydroxylation sites is 2. The van der Waals surface area contributed by atoms with Gasteiger partial charge in [-0.1, -0.05) is 97.1 Å². The van der Waals surface area contributed by atoms with Crippen LogP contribution in [0, 0.1) is 0 Å². The Balaban J connectivity index is 1.22. The zero-order valence-electron chi connectivity index (χ0n) is 23.6. The van der Waals surface area contributed by atoms with Crippen molar-refractivity contribution in [3.8, 4) is 39.9 Å². The van der Waals surface area contributed by atoms with E-state index in [4.69, 9.17) is 15.0 Å². The molecule has 0 bridgehead atoms. The van der Waals surface area contributed by atoms with Crippen LogP contribution in [-0.2, 0) is 0 Å². The molecule has 0 saturated heterocycles. The summed E-state index contributed by atoms with van der Waals surface area (Å²) in [5, 5.41) is 4.98. The van der Waals surface area contributed by atoms with E-state index >= 15 is 0 Å². The predicted octanol–water partition coefficient (Wildman–Crippen LogP) is 10.3. The number of aromatic nitrogens is 4. The Bertz CT molecular complexity index is 2440. The smallest absolute Gasteiger partial charge is 0.165 e. The highest BCUT2D eigenvalue weighted by atomic mass is 32.1. The number of hydrogen-bond donors (Lipinski definition) is 0. The molecule has 5 heteroatoms. The van der Waals surface area contributed by atoms with Crippen LogP contribution in [0.3, 0.4) is 0 Å². The number of fused-ring (bicyclic) bond motifs is 6. The molecule has 6 aromatic carbocycles. The third-order valence-electron chi connectivity index (χ3n) is 8.28. The van der Waals surface area contributed by atoms with Crippen molar-refractivity contribution in [3.05, 3.63) is 146 Å². The van der Waals surface area contributed by atoms with Gasteiger partial charge in [0.1, 0.15) is 0 Å². The molecule has 0 unspecified atom stereocenters. The van der Waals surface area contributed by atoms with Crippen molar-refractivity contribution < 1.29 is 0 Å². The zero-order valence-corrected chi connectivity index (χ0v) is 24.4. The molecule has 44 heavy (non-hydrogen) atoms. The molecule has 0 spiro atoms. The molecule has 0 aliphatic rings. The van der Waals surface area contributed by atoms with Gasteiger partial charge >= 0.3 is 0 Å². The molecule has 0 atom stereocenters. The molecule has 3 aromatic heterocycles. The quantitative estimate of drug-likeness (QED) is 0.208. The zero-order chi connectivity index (χ0) is 29.0. The normalized spacial score (nSPS) is 11.6. The van der Waals surface area contributed by atoms with Crippen LogP contribution >= 0.6 is 11.3 Å². The van der Waals surface area contributed by atoms with Crippen LogP contribution in [0.15, 0.2) is 146 Å². The summed E-state index contributed by atoms with van der Waals surface area (Å²) in [4.78, 5) is 15.1. The molecule has 0 aliphatic carbocycles. The summed E-state index contributed by atoms with van der Waals surface area (Å²) in [5.41, 5.74) is 6.39. The van der Waals surface area contributed by atoms with Crippen LogP contribution in [0.1, 0.15) is 0 Å². The molecule has 0 radical (unpaired) electrons. The van der Waals surface area contributed by atoms with Gasteiger partial charge in [-0.05, 0) is 48.5 Å². The van der Waals surface area contributed by atoms with E-state index in [-0.39, 0.29) is 0 Å². The Morgan fingerprint density at radius 1 is 0.409 bits per heavy atom. The van der Waals surface area contributed by atoms with Crippen LogP contribution in [0.5, 0.6) is 0 Å². The fourth-order valence-corrected chi connectivity index (χ4v) is 7.44. The Morgan fingerprint density at radius 2 is 0.955 bits per heavy atom. The van der Waals surface area contributed by atoms with Crippen LogP contribution in [-0.4, -0.2) is 19.5 Å². The Morgan fingerprint density at radius 3 is 1.66 bits per heavy atom. The molecule has 9 rings (SSSR count). The maximum Gasteiger partial charge on any atom is 0.165 e. The number of rotatable bonds is 4. The number of thiophene rings is 1. The van der Waals surface area contributed by atoms with Gasteiger partial charge in [0.2, 0.25) is 0 Å². The molecular weight excluding hydrogens is 557 g/mol. The third-order valence-corrected chi connectivity index (χ3v) is 9.50. The van der Waals surface area contributed by atoms with Crippen molar-refractivity contribution in [2.24, 2.45) is 0 Å². The average Bonchev–Trinajstić information content (AvgIpc) is 3.65. The second kappa shape index (κ2) is 9.97.